The number of methoxy groups -OCH3 is 6. The molecule has 15 aromatic carbocycles. The molecule has 0 aliphatic rings. The van der Waals surface area contributed by atoms with Crippen LogP contribution >= 0.6 is 95.6 Å². The van der Waals surface area contributed by atoms with Crippen molar-refractivity contribution < 1.29 is 57.2 Å². The van der Waals surface area contributed by atoms with Crippen LogP contribution in [0.3, 0.4) is 0 Å². The molecule has 0 N–H and O–H groups in total. The van der Waals surface area contributed by atoms with Crippen LogP contribution in [0, 0.1) is 0 Å². The number of hydrogen-bond acceptors (Lipinski definition) is 12. The van der Waals surface area contributed by atoms with Crippen molar-refractivity contribution in [2.75, 3.05) is 42.7 Å². The number of fused-ring (bicyclic) bond motifs is 6. The van der Waals surface area contributed by atoms with E-state index < -0.39 is 0 Å². The van der Waals surface area contributed by atoms with E-state index in [1.807, 2.05) is 109 Å². The van der Waals surface area contributed by atoms with Gasteiger partial charge in [-0.15, -0.1) is 0 Å². The second-order valence-electron chi connectivity index (χ2n) is 21.0. The molecule has 0 unspecified atom stereocenters. The van der Waals surface area contributed by atoms with Gasteiger partial charge in [0.05, 0.1) is 76.0 Å². The molecule has 0 aliphatic heterocycles. The molecule has 0 aromatic heterocycles. The molecule has 0 fully saturated rings. The number of hydrogen-bond donors (Lipinski definition) is 0. The zero-order valence-electron chi connectivity index (χ0n) is 48.0. The molecule has 0 atom stereocenters. The molecular formula is C72H42Br6O12. The van der Waals surface area contributed by atoms with E-state index in [-0.39, 0.29) is 35.8 Å². The lowest BCUT2D eigenvalue weighted by Gasteiger charge is -2.19. The van der Waals surface area contributed by atoms with Gasteiger partial charge in [-0.1, -0.05) is 187 Å². The number of rotatable bonds is 6. The van der Waals surface area contributed by atoms with Crippen LogP contribution in [-0.2, 0) is 28.4 Å². The summed E-state index contributed by atoms with van der Waals surface area (Å²) in [6, 6.07) is 45.9. The van der Waals surface area contributed by atoms with Gasteiger partial charge in [-0.3, -0.25) is 0 Å². The van der Waals surface area contributed by atoms with Crippen molar-refractivity contribution in [2.24, 2.45) is 0 Å². The number of ether oxygens (including phenoxy) is 6. The van der Waals surface area contributed by atoms with Crippen LogP contribution in [-0.4, -0.2) is 78.5 Å². The zero-order chi connectivity index (χ0) is 63.5. The SMILES string of the molecule is COC(=O)c1cc(Br)c2c3cccc4c(C(=O)OC)cc(Br)c(c5cccc1c52)c43.COC(=O)c1ccc2c3c(Br)ccc4c(C(=O)OC)cc(Br)c(c5cccc1c25)c43.COC(=O)c1ccc2c3c(Br)ccc4c(C(=O)OC)ccc(c5c(Br)ccc1c25)c43. The third kappa shape index (κ3) is 9.25. The highest BCUT2D eigenvalue weighted by Gasteiger charge is 2.28. The average molecular weight is 1580 g/mol. The average Bonchev–Trinajstić information content (AvgIpc) is 0.724. The lowest BCUT2D eigenvalue weighted by Crippen LogP contribution is -2.04. The Bertz CT molecular complexity index is 5360. The summed E-state index contributed by atoms with van der Waals surface area (Å²) in [4.78, 5) is 74.6. The van der Waals surface area contributed by atoms with Crippen LogP contribution < -0.4 is 0 Å². The van der Waals surface area contributed by atoms with Crippen LogP contribution in [0.2, 0.25) is 0 Å². The minimum absolute atomic E-state index is 0.373. The van der Waals surface area contributed by atoms with E-state index in [1.54, 1.807) is 36.4 Å². The largest absolute Gasteiger partial charge is 0.465 e. The number of benzene rings is 15. The topological polar surface area (TPSA) is 158 Å². The van der Waals surface area contributed by atoms with E-state index in [0.29, 0.717) is 33.4 Å². The minimum Gasteiger partial charge on any atom is -0.465 e. The number of halogens is 6. The Morgan fingerprint density at radius 1 is 0.211 bits per heavy atom. The lowest BCUT2D eigenvalue weighted by atomic mass is 9.87. The fourth-order valence-electron chi connectivity index (χ4n) is 13.1. The minimum atomic E-state index is -0.388. The Hall–Kier alpha value is -8.10. The van der Waals surface area contributed by atoms with Crippen molar-refractivity contribution in [3.8, 4) is 0 Å². The second-order valence-corrected chi connectivity index (χ2v) is 26.1. The maximum atomic E-state index is 12.5. The van der Waals surface area contributed by atoms with E-state index in [1.165, 1.54) is 42.7 Å². The Labute approximate surface area is 561 Å². The van der Waals surface area contributed by atoms with Crippen LogP contribution in [0.4, 0.5) is 0 Å². The van der Waals surface area contributed by atoms with Gasteiger partial charge in [-0.05, 0) is 146 Å². The van der Waals surface area contributed by atoms with E-state index in [4.69, 9.17) is 28.4 Å². The van der Waals surface area contributed by atoms with Crippen molar-refractivity contribution in [1.82, 2.24) is 0 Å². The summed E-state index contributed by atoms with van der Waals surface area (Å²) in [6.07, 6.45) is 0. The van der Waals surface area contributed by atoms with Gasteiger partial charge in [0.25, 0.3) is 0 Å². The van der Waals surface area contributed by atoms with Gasteiger partial charge in [0, 0.05) is 64.5 Å². The van der Waals surface area contributed by atoms with Crippen LogP contribution in [0.15, 0.2) is 172 Å². The van der Waals surface area contributed by atoms with Crippen molar-refractivity contribution in [2.45, 2.75) is 0 Å². The predicted molar refractivity (Wildman–Crippen MR) is 377 cm³/mol. The predicted octanol–water partition coefficient (Wildman–Crippen LogP) is 20.5. The Morgan fingerprint density at radius 3 is 0.733 bits per heavy atom. The van der Waals surface area contributed by atoms with Gasteiger partial charge in [-0.25, -0.2) is 28.8 Å². The molecule has 90 heavy (non-hydrogen) atoms. The Kier molecular flexibility index (Phi) is 15.9. The van der Waals surface area contributed by atoms with Gasteiger partial charge >= 0.3 is 35.8 Å². The molecule has 12 nitrogen and oxygen atoms in total. The molecule has 444 valence electrons. The molecule has 0 heterocycles. The highest BCUT2D eigenvalue weighted by atomic mass is 79.9. The zero-order valence-corrected chi connectivity index (χ0v) is 57.5. The molecular weight excluding hydrogens is 1540 g/mol. The smallest absolute Gasteiger partial charge is 0.338 e. The van der Waals surface area contributed by atoms with Crippen molar-refractivity contribution in [3.05, 3.63) is 206 Å². The summed E-state index contributed by atoms with van der Waals surface area (Å²) in [5.41, 5.74) is 3.06. The third-order valence-corrected chi connectivity index (χ3v) is 20.6. The third-order valence-electron chi connectivity index (χ3n) is 16.8. The van der Waals surface area contributed by atoms with E-state index in [9.17, 15) is 28.8 Å². The number of carbonyl (C=O) groups is 6. The number of carbonyl (C=O) groups excluding carboxylic acids is 6. The quantitative estimate of drug-likeness (QED) is 0.0672. The normalized spacial score (nSPS) is 11.6. The lowest BCUT2D eigenvalue weighted by molar-refractivity contribution is 0.0594. The fraction of sp³-hybridized carbons (Fsp3) is 0.0833. The first-order chi connectivity index (χ1) is 43.4. The summed E-state index contributed by atoms with van der Waals surface area (Å²) in [7, 11) is 8.30. The Balaban J connectivity index is 0.000000124. The van der Waals surface area contributed by atoms with Gasteiger partial charge in [0.15, 0.2) is 0 Å². The summed E-state index contributed by atoms with van der Waals surface area (Å²) in [5, 5.41) is 22.6. The second kappa shape index (κ2) is 23.6. The van der Waals surface area contributed by atoms with Crippen molar-refractivity contribution in [3.63, 3.8) is 0 Å². The summed E-state index contributed by atoms with van der Waals surface area (Å²) in [5.74, 6) is -2.28. The standard InChI is InChI=1S/3C24H14Br2O4/c1-29-23(27)13-3-5-15-19-11(13)7-9-17(25)21(19)16-6-4-14(24(28)30-2)12-8-10-18(26)22(15)20(12)16;1-29-23(27)15-9-17(25)21-14-8-4-6-12-16(24(28)30-2)10-18(26)22(20(12)14)13-7-3-5-11(15)19(13)21;1-29-23(27)13-6-7-15-19-11(13)4-3-5-14(19)21-18(26)10-16(24(28)30-2)12-8-9-17(25)20(15)22(12)21/h3*3-10H,1-2H3. The monoisotopic (exact) mass is 1570 g/mol. The van der Waals surface area contributed by atoms with E-state index in [0.717, 1.165) is 156 Å². The maximum Gasteiger partial charge on any atom is 0.338 e. The molecule has 0 bridgehead atoms. The molecule has 0 saturated heterocycles. The molecule has 0 amide bonds. The number of esters is 6. The van der Waals surface area contributed by atoms with Gasteiger partial charge in [-0.2, -0.15) is 0 Å². The van der Waals surface area contributed by atoms with Crippen molar-refractivity contribution >= 4 is 261 Å². The van der Waals surface area contributed by atoms with Gasteiger partial charge < -0.3 is 28.4 Å². The highest BCUT2D eigenvalue weighted by Crippen LogP contribution is 2.51. The molecule has 15 aromatic rings. The maximum absolute atomic E-state index is 12.5. The van der Waals surface area contributed by atoms with Gasteiger partial charge in [0.1, 0.15) is 0 Å². The van der Waals surface area contributed by atoms with E-state index in [2.05, 4.69) is 95.6 Å². The molecule has 0 saturated carbocycles. The highest BCUT2D eigenvalue weighted by molar-refractivity contribution is 9.11. The summed E-state index contributed by atoms with van der Waals surface area (Å²) >= 11 is 22.1. The molecule has 0 aliphatic carbocycles. The molecule has 18 heteroatoms. The first-order valence-corrected chi connectivity index (χ1v) is 32.2. The van der Waals surface area contributed by atoms with Crippen molar-refractivity contribution in [1.29, 1.82) is 0 Å². The molecule has 0 spiro atoms. The first-order valence-electron chi connectivity index (χ1n) is 27.5. The first kappa shape index (κ1) is 60.8. The van der Waals surface area contributed by atoms with Crippen LogP contribution in [0.5, 0.6) is 0 Å². The van der Waals surface area contributed by atoms with Crippen LogP contribution in [0.25, 0.3) is 129 Å². The van der Waals surface area contributed by atoms with Gasteiger partial charge in [0.2, 0.25) is 0 Å². The summed E-state index contributed by atoms with van der Waals surface area (Å²) in [6.45, 7) is 0. The Morgan fingerprint density at radius 2 is 0.411 bits per heavy atom. The van der Waals surface area contributed by atoms with E-state index >= 15 is 0 Å². The summed E-state index contributed by atoms with van der Waals surface area (Å²) < 4.78 is 35.2. The molecule has 15 rings (SSSR count). The van der Waals surface area contributed by atoms with Crippen LogP contribution in [0.1, 0.15) is 62.1 Å². The fourth-order valence-corrected chi connectivity index (χ4v) is 16.7. The molecule has 0 radical (unpaired) electrons.